The summed E-state index contributed by atoms with van der Waals surface area (Å²) in [6.45, 7) is 4.32. The maximum atomic E-state index is 12.0. The van der Waals surface area contributed by atoms with Gasteiger partial charge in [-0.05, 0) is 6.92 Å². The zero-order chi connectivity index (χ0) is 10.9. The second-order valence-corrected chi connectivity index (χ2v) is 2.80. The molecule has 0 aliphatic rings. The lowest BCUT2D eigenvalue weighted by Crippen LogP contribution is -2.52. The third-order valence-corrected chi connectivity index (χ3v) is 1.38. The van der Waals surface area contributed by atoms with Gasteiger partial charge in [0, 0.05) is 6.42 Å². The van der Waals surface area contributed by atoms with E-state index >= 15 is 0 Å². The van der Waals surface area contributed by atoms with Crippen molar-refractivity contribution in [2.45, 2.75) is 25.1 Å². The topological polar surface area (TPSA) is 57.5 Å². The van der Waals surface area contributed by atoms with Gasteiger partial charge in [-0.2, -0.15) is 13.2 Å². The van der Waals surface area contributed by atoms with Crippen LogP contribution in [-0.4, -0.2) is 28.0 Å². The van der Waals surface area contributed by atoms with E-state index < -0.39 is 24.2 Å². The molecule has 2 N–H and O–H groups in total. The van der Waals surface area contributed by atoms with Gasteiger partial charge in [0.15, 0.2) is 0 Å². The van der Waals surface area contributed by atoms with Gasteiger partial charge in [0.25, 0.3) is 5.60 Å². The van der Waals surface area contributed by atoms with E-state index in [1.54, 1.807) is 0 Å². The predicted octanol–water partition coefficient (Wildman–Crippen LogP) is 1.33. The fourth-order valence-corrected chi connectivity index (χ4v) is 0.734. The number of aliphatic carboxylic acids is 1. The number of hydrogen-bond donors (Lipinski definition) is 2. The Labute approximate surface area is 72.5 Å². The number of carbonyl (C=O) groups is 1. The van der Waals surface area contributed by atoms with Crippen LogP contribution in [-0.2, 0) is 4.79 Å². The highest BCUT2D eigenvalue weighted by molar-refractivity contribution is 5.78. The molecule has 0 aromatic heterocycles. The van der Waals surface area contributed by atoms with Gasteiger partial charge in [-0.1, -0.05) is 5.57 Å². The molecule has 0 bridgehead atoms. The molecule has 0 saturated carbocycles. The summed E-state index contributed by atoms with van der Waals surface area (Å²) in [4.78, 5) is 10.2. The van der Waals surface area contributed by atoms with Crippen molar-refractivity contribution in [2.24, 2.45) is 0 Å². The van der Waals surface area contributed by atoms with Gasteiger partial charge < -0.3 is 10.2 Å². The molecule has 0 saturated heterocycles. The number of rotatable bonds is 3. The summed E-state index contributed by atoms with van der Waals surface area (Å²) in [5, 5.41) is 17.0. The van der Waals surface area contributed by atoms with Gasteiger partial charge in [0.2, 0.25) is 0 Å². The van der Waals surface area contributed by atoms with Gasteiger partial charge in [-0.3, -0.25) is 0 Å². The number of carboxylic acids is 1. The van der Waals surface area contributed by atoms with E-state index in [1.807, 2.05) is 0 Å². The first-order chi connectivity index (χ1) is 5.61. The molecular weight excluding hydrogens is 189 g/mol. The number of aliphatic hydroxyl groups is 1. The summed E-state index contributed by atoms with van der Waals surface area (Å²) in [7, 11) is 0. The van der Waals surface area contributed by atoms with E-state index in [0.29, 0.717) is 0 Å². The average Bonchev–Trinajstić information content (AvgIpc) is 1.82. The average molecular weight is 198 g/mol. The largest absolute Gasteiger partial charge is 0.479 e. The SMILES string of the molecule is C=C(C)C[C@](O)(C(=O)O)C(F)(F)F. The molecule has 0 aliphatic heterocycles. The summed E-state index contributed by atoms with van der Waals surface area (Å²) in [6, 6.07) is 0. The van der Waals surface area contributed by atoms with E-state index in [-0.39, 0.29) is 5.57 Å². The molecule has 0 heterocycles. The maximum absolute atomic E-state index is 12.0. The third-order valence-electron chi connectivity index (χ3n) is 1.38. The van der Waals surface area contributed by atoms with Crippen LogP contribution in [0.25, 0.3) is 0 Å². The molecule has 0 aromatic rings. The van der Waals surface area contributed by atoms with E-state index in [4.69, 9.17) is 10.2 Å². The van der Waals surface area contributed by atoms with Gasteiger partial charge >= 0.3 is 12.1 Å². The Morgan fingerprint density at radius 2 is 1.85 bits per heavy atom. The van der Waals surface area contributed by atoms with Crippen molar-refractivity contribution in [1.82, 2.24) is 0 Å². The second kappa shape index (κ2) is 3.37. The number of carboxylic acid groups (broad SMARTS) is 1. The van der Waals surface area contributed by atoms with Crippen molar-refractivity contribution in [2.75, 3.05) is 0 Å². The van der Waals surface area contributed by atoms with Crippen molar-refractivity contribution in [3.63, 3.8) is 0 Å². The summed E-state index contributed by atoms with van der Waals surface area (Å²) in [5.74, 6) is -2.32. The number of halogens is 3. The predicted molar refractivity (Wildman–Crippen MR) is 38.1 cm³/mol. The van der Waals surface area contributed by atoms with Crippen molar-refractivity contribution >= 4 is 5.97 Å². The third kappa shape index (κ3) is 2.45. The number of hydrogen-bond acceptors (Lipinski definition) is 2. The molecule has 1 atom stereocenters. The Hall–Kier alpha value is -1.04. The Morgan fingerprint density at radius 1 is 1.46 bits per heavy atom. The van der Waals surface area contributed by atoms with Crippen LogP contribution in [0.15, 0.2) is 12.2 Å². The fraction of sp³-hybridized carbons (Fsp3) is 0.571. The molecule has 0 rings (SSSR count). The first kappa shape index (κ1) is 12.0. The standard InChI is InChI=1S/C7H9F3O3/c1-4(2)3-6(13,5(11)12)7(8,9)10/h13H,1,3H2,2H3,(H,11,12)/t6-/m0/s1. The minimum atomic E-state index is -5.20. The van der Waals surface area contributed by atoms with Crippen LogP contribution in [0.2, 0.25) is 0 Å². The molecule has 0 aromatic carbocycles. The monoisotopic (exact) mass is 198 g/mol. The molecule has 6 heteroatoms. The summed E-state index contributed by atoms with van der Waals surface area (Å²) >= 11 is 0. The normalized spacial score (nSPS) is 16.4. The zero-order valence-corrected chi connectivity index (χ0v) is 6.85. The van der Waals surface area contributed by atoms with E-state index in [0.717, 1.165) is 0 Å². The lowest BCUT2D eigenvalue weighted by atomic mass is 9.95. The van der Waals surface area contributed by atoms with Crippen molar-refractivity contribution < 1.29 is 28.2 Å². The van der Waals surface area contributed by atoms with E-state index in [2.05, 4.69) is 6.58 Å². The lowest BCUT2D eigenvalue weighted by Gasteiger charge is -2.25. The van der Waals surface area contributed by atoms with E-state index in [9.17, 15) is 18.0 Å². The van der Waals surface area contributed by atoms with Gasteiger partial charge in [-0.25, -0.2) is 4.79 Å². The van der Waals surface area contributed by atoms with Crippen molar-refractivity contribution in [3.8, 4) is 0 Å². The van der Waals surface area contributed by atoms with Crippen LogP contribution in [0.5, 0.6) is 0 Å². The molecule has 0 spiro atoms. The van der Waals surface area contributed by atoms with Crippen molar-refractivity contribution in [1.29, 1.82) is 0 Å². The van der Waals surface area contributed by atoms with Crippen molar-refractivity contribution in [3.05, 3.63) is 12.2 Å². The maximum Gasteiger partial charge on any atom is 0.428 e. The highest BCUT2D eigenvalue weighted by Gasteiger charge is 2.59. The first-order valence-electron chi connectivity index (χ1n) is 3.28. The number of alkyl halides is 3. The highest BCUT2D eigenvalue weighted by Crippen LogP contribution is 2.35. The van der Waals surface area contributed by atoms with Crippen LogP contribution in [0, 0.1) is 0 Å². The molecule has 13 heavy (non-hydrogen) atoms. The van der Waals surface area contributed by atoms with Gasteiger partial charge in [0.05, 0.1) is 0 Å². The summed E-state index contributed by atoms with van der Waals surface area (Å²) in [5.41, 5.74) is -3.78. The Morgan fingerprint density at radius 3 is 1.92 bits per heavy atom. The smallest absolute Gasteiger partial charge is 0.428 e. The summed E-state index contributed by atoms with van der Waals surface area (Å²) < 4.78 is 36.1. The lowest BCUT2D eigenvalue weighted by molar-refractivity contribution is -0.259. The van der Waals surface area contributed by atoms with E-state index in [1.165, 1.54) is 6.92 Å². The molecule has 0 amide bonds. The zero-order valence-electron chi connectivity index (χ0n) is 6.85. The van der Waals surface area contributed by atoms with Gasteiger partial charge in [-0.15, -0.1) is 6.58 Å². The second-order valence-electron chi connectivity index (χ2n) is 2.80. The molecule has 0 unspecified atom stereocenters. The Balaban J connectivity index is 4.96. The minimum Gasteiger partial charge on any atom is -0.479 e. The molecule has 0 radical (unpaired) electrons. The molecule has 0 fully saturated rings. The minimum absolute atomic E-state index is 0.0535. The fourth-order valence-electron chi connectivity index (χ4n) is 0.734. The van der Waals surface area contributed by atoms with Gasteiger partial charge in [0.1, 0.15) is 0 Å². The quantitative estimate of drug-likeness (QED) is 0.672. The summed E-state index contributed by atoms with van der Waals surface area (Å²) in [6.07, 6.45) is -6.23. The highest BCUT2D eigenvalue weighted by atomic mass is 19.4. The first-order valence-corrected chi connectivity index (χ1v) is 3.28. The van der Waals surface area contributed by atoms with Crippen LogP contribution in [0.1, 0.15) is 13.3 Å². The van der Waals surface area contributed by atoms with Crippen LogP contribution in [0.3, 0.4) is 0 Å². The molecule has 0 aliphatic carbocycles. The molecule has 3 nitrogen and oxygen atoms in total. The molecule has 76 valence electrons. The van der Waals surface area contributed by atoms with Crippen LogP contribution in [0.4, 0.5) is 13.2 Å². The Bertz CT molecular complexity index is 234. The Kier molecular flexibility index (Phi) is 3.10. The molecular formula is C7H9F3O3. The van der Waals surface area contributed by atoms with Crippen LogP contribution < -0.4 is 0 Å². The van der Waals surface area contributed by atoms with Crippen LogP contribution >= 0.6 is 0 Å².